The third-order valence-electron chi connectivity index (χ3n) is 4.04. The third kappa shape index (κ3) is 2.34. The molecule has 4 rings (SSSR count). The van der Waals surface area contributed by atoms with Gasteiger partial charge in [0.2, 0.25) is 5.95 Å². The molecule has 0 spiro atoms. The second kappa shape index (κ2) is 5.48. The zero-order valence-electron chi connectivity index (χ0n) is 11.9. The number of benzene rings is 1. The minimum Gasteiger partial charge on any atom is -0.345 e. The van der Waals surface area contributed by atoms with Crippen LogP contribution in [-0.2, 0) is 0 Å². The molecule has 0 aliphatic carbocycles. The van der Waals surface area contributed by atoms with E-state index in [1.165, 1.54) is 16.0 Å². The van der Waals surface area contributed by atoms with Crippen molar-refractivity contribution in [2.24, 2.45) is 0 Å². The van der Waals surface area contributed by atoms with Crippen LogP contribution in [-0.4, -0.2) is 20.2 Å². The number of aromatic nitrogens is 4. The number of nitrogens with zero attached hydrogens (tertiary/aromatic N) is 4. The highest BCUT2D eigenvalue weighted by Crippen LogP contribution is 2.40. The van der Waals surface area contributed by atoms with Gasteiger partial charge in [-0.15, -0.1) is 11.3 Å². The number of hydrogen-bond donors (Lipinski definition) is 1. The van der Waals surface area contributed by atoms with Crippen molar-refractivity contribution in [1.82, 2.24) is 20.2 Å². The first kappa shape index (κ1) is 13.9. The normalized spacial score (nSPS) is 20.5. The van der Waals surface area contributed by atoms with E-state index >= 15 is 0 Å². The summed E-state index contributed by atoms with van der Waals surface area (Å²) < 4.78 is 3.03. The predicted octanol–water partition coefficient (Wildman–Crippen LogP) is 3.95. The Hall–Kier alpha value is -1.73. The maximum atomic E-state index is 4.18. The smallest absolute Gasteiger partial charge is 0.244 e. The maximum absolute atomic E-state index is 4.18. The Bertz CT molecular complexity index is 812. The Morgan fingerprint density at radius 2 is 2.14 bits per heavy atom. The number of aryl methyl sites for hydroxylation is 1. The van der Waals surface area contributed by atoms with Crippen LogP contribution >= 0.6 is 27.3 Å². The first-order chi connectivity index (χ1) is 10.7. The largest absolute Gasteiger partial charge is 0.345 e. The highest BCUT2D eigenvalue weighted by atomic mass is 79.9. The Labute approximate surface area is 140 Å². The molecule has 0 radical (unpaired) electrons. The van der Waals surface area contributed by atoms with Gasteiger partial charge in [0.05, 0.1) is 15.9 Å². The first-order valence-electron chi connectivity index (χ1n) is 7.07. The van der Waals surface area contributed by atoms with Gasteiger partial charge in [0, 0.05) is 4.88 Å². The standard InChI is InChI=1S/C15H14BrN5S/c1-9-4-2-3-5-10(9)12-8-11(13-6-7-14(16)22-13)17-15-18-19-20-21(12)15/h2-7,11-12H,8H2,1H3,(H,17,18,20)/t11-,12+/m1/s1. The quantitative estimate of drug-likeness (QED) is 0.736. The zero-order chi connectivity index (χ0) is 15.1. The lowest BCUT2D eigenvalue weighted by molar-refractivity contribution is 0.425. The number of halogens is 1. The van der Waals surface area contributed by atoms with Crippen LogP contribution in [0.5, 0.6) is 0 Å². The van der Waals surface area contributed by atoms with E-state index in [1.807, 2.05) is 4.68 Å². The number of rotatable bonds is 2. The number of anilines is 1. The monoisotopic (exact) mass is 375 g/mol. The molecule has 2 atom stereocenters. The van der Waals surface area contributed by atoms with Crippen LogP contribution in [0, 0.1) is 6.92 Å². The maximum Gasteiger partial charge on any atom is 0.244 e. The summed E-state index contributed by atoms with van der Waals surface area (Å²) in [7, 11) is 0. The number of thiophene rings is 1. The van der Waals surface area contributed by atoms with E-state index in [0.29, 0.717) is 0 Å². The average Bonchev–Trinajstić information content (AvgIpc) is 3.15. The van der Waals surface area contributed by atoms with E-state index in [2.05, 4.69) is 80.1 Å². The van der Waals surface area contributed by atoms with E-state index in [9.17, 15) is 0 Å². The summed E-state index contributed by atoms with van der Waals surface area (Å²) in [5.41, 5.74) is 2.54. The molecule has 7 heteroatoms. The number of tetrazole rings is 1. The van der Waals surface area contributed by atoms with Gasteiger partial charge in [-0.2, -0.15) is 0 Å². The molecule has 0 fully saturated rings. The van der Waals surface area contributed by atoms with Crippen molar-refractivity contribution in [3.8, 4) is 0 Å². The molecule has 0 bridgehead atoms. The lowest BCUT2D eigenvalue weighted by Gasteiger charge is -2.31. The van der Waals surface area contributed by atoms with Crippen LogP contribution in [0.3, 0.4) is 0 Å². The van der Waals surface area contributed by atoms with Gasteiger partial charge in [-0.1, -0.05) is 29.4 Å². The molecule has 0 saturated heterocycles. The molecular formula is C15H14BrN5S. The van der Waals surface area contributed by atoms with Crippen molar-refractivity contribution >= 4 is 33.2 Å². The third-order valence-corrected chi connectivity index (χ3v) is 5.77. The second-order valence-electron chi connectivity index (χ2n) is 5.39. The van der Waals surface area contributed by atoms with Crippen molar-refractivity contribution in [3.63, 3.8) is 0 Å². The zero-order valence-corrected chi connectivity index (χ0v) is 14.3. The van der Waals surface area contributed by atoms with Crippen LogP contribution in [0.15, 0.2) is 40.2 Å². The van der Waals surface area contributed by atoms with Crippen LogP contribution < -0.4 is 5.32 Å². The summed E-state index contributed by atoms with van der Waals surface area (Å²) in [5.74, 6) is 0.731. The minimum absolute atomic E-state index is 0.151. The molecule has 3 heterocycles. The minimum atomic E-state index is 0.151. The SMILES string of the molecule is Cc1ccccc1[C@@H]1C[C@H](c2ccc(Br)s2)Nc2nnnn21. The summed E-state index contributed by atoms with van der Waals surface area (Å²) >= 11 is 5.29. The van der Waals surface area contributed by atoms with E-state index < -0.39 is 0 Å². The molecule has 0 saturated carbocycles. The van der Waals surface area contributed by atoms with Crippen LogP contribution in [0.4, 0.5) is 5.95 Å². The molecule has 1 aliphatic rings. The fourth-order valence-electron chi connectivity index (χ4n) is 2.96. The van der Waals surface area contributed by atoms with Crippen LogP contribution in [0.25, 0.3) is 0 Å². The number of nitrogens with one attached hydrogen (secondary N) is 1. The van der Waals surface area contributed by atoms with Gasteiger partial charge in [0.15, 0.2) is 0 Å². The lowest BCUT2D eigenvalue weighted by atomic mass is 9.94. The van der Waals surface area contributed by atoms with Crippen molar-refractivity contribution in [2.75, 3.05) is 5.32 Å². The van der Waals surface area contributed by atoms with E-state index in [-0.39, 0.29) is 12.1 Å². The summed E-state index contributed by atoms with van der Waals surface area (Å²) in [5, 5.41) is 15.6. The van der Waals surface area contributed by atoms with Gasteiger partial charge in [-0.05, 0) is 63.0 Å². The highest BCUT2D eigenvalue weighted by molar-refractivity contribution is 9.11. The predicted molar refractivity (Wildman–Crippen MR) is 90.1 cm³/mol. The van der Waals surface area contributed by atoms with Gasteiger partial charge in [-0.3, -0.25) is 0 Å². The fraction of sp³-hybridized carbons (Fsp3) is 0.267. The molecular weight excluding hydrogens is 362 g/mol. The summed E-state index contributed by atoms with van der Waals surface area (Å²) in [4.78, 5) is 1.29. The summed E-state index contributed by atoms with van der Waals surface area (Å²) in [6.07, 6.45) is 0.926. The molecule has 0 amide bonds. The first-order valence-corrected chi connectivity index (χ1v) is 8.68. The van der Waals surface area contributed by atoms with Crippen molar-refractivity contribution in [3.05, 3.63) is 56.2 Å². The molecule has 1 aromatic carbocycles. The summed E-state index contributed by atoms with van der Waals surface area (Å²) in [6.45, 7) is 2.14. The van der Waals surface area contributed by atoms with Gasteiger partial charge >= 0.3 is 0 Å². The second-order valence-corrected chi connectivity index (χ2v) is 7.89. The van der Waals surface area contributed by atoms with E-state index in [0.717, 1.165) is 16.2 Å². The Kier molecular flexibility index (Phi) is 3.46. The summed E-state index contributed by atoms with van der Waals surface area (Å²) in [6, 6.07) is 13.1. The van der Waals surface area contributed by atoms with Crippen molar-refractivity contribution in [2.45, 2.75) is 25.4 Å². The molecule has 0 unspecified atom stereocenters. The Balaban J connectivity index is 1.77. The van der Waals surface area contributed by atoms with Gasteiger partial charge in [0.1, 0.15) is 0 Å². The van der Waals surface area contributed by atoms with E-state index in [1.54, 1.807) is 11.3 Å². The molecule has 22 heavy (non-hydrogen) atoms. The lowest BCUT2D eigenvalue weighted by Crippen LogP contribution is -2.28. The van der Waals surface area contributed by atoms with Gasteiger partial charge < -0.3 is 5.32 Å². The molecule has 112 valence electrons. The van der Waals surface area contributed by atoms with E-state index in [4.69, 9.17) is 0 Å². The Morgan fingerprint density at radius 1 is 1.27 bits per heavy atom. The Morgan fingerprint density at radius 3 is 2.91 bits per heavy atom. The molecule has 3 aromatic rings. The average molecular weight is 376 g/mol. The van der Waals surface area contributed by atoms with Crippen molar-refractivity contribution in [1.29, 1.82) is 0 Å². The van der Waals surface area contributed by atoms with Crippen molar-refractivity contribution < 1.29 is 0 Å². The number of fused-ring (bicyclic) bond motifs is 1. The molecule has 1 aliphatic heterocycles. The highest BCUT2D eigenvalue weighted by Gasteiger charge is 2.31. The van der Waals surface area contributed by atoms with Crippen LogP contribution in [0.1, 0.15) is 34.5 Å². The topological polar surface area (TPSA) is 55.6 Å². The molecule has 2 aromatic heterocycles. The fourth-order valence-corrected chi connectivity index (χ4v) is 4.45. The molecule has 5 nitrogen and oxygen atoms in total. The van der Waals surface area contributed by atoms with Gasteiger partial charge in [-0.25, -0.2) is 4.68 Å². The molecule has 1 N–H and O–H groups in total. The van der Waals surface area contributed by atoms with Gasteiger partial charge in [0.25, 0.3) is 0 Å². The van der Waals surface area contributed by atoms with Crippen LogP contribution in [0.2, 0.25) is 0 Å². The number of hydrogen-bond acceptors (Lipinski definition) is 5.